The summed E-state index contributed by atoms with van der Waals surface area (Å²) in [5.41, 5.74) is 1.69. The Bertz CT molecular complexity index is 1060. The summed E-state index contributed by atoms with van der Waals surface area (Å²) in [6, 6.07) is 16.3. The van der Waals surface area contributed by atoms with E-state index in [1.807, 2.05) is 34.9 Å². The highest BCUT2D eigenvalue weighted by molar-refractivity contribution is 5.84. The van der Waals surface area contributed by atoms with Crippen LogP contribution in [0.15, 0.2) is 67.0 Å². The number of hydrogen-bond acceptors (Lipinski definition) is 6. The molecule has 1 fully saturated rings. The van der Waals surface area contributed by atoms with Crippen LogP contribution < -0.4 is 21.3 Å². The predicted octanol–water partition coefficient (Wildman–Crippen LogP) is 4.68. The second-order valence-corrected chi connectivity index (χ2v) is 7.36. The molecule has 0 radical (unpaired) electrons. The number of imidazole rings is 1. The van der Waals surface area contributed by atoms with Gasteiger partial charge in [0.15, 0.2) is 0 Å². The molecule has 31 heavy (non-hydrogen) atoms. The van der Waals surface area contributed by atoms with Crippen LogP contribution in [0, 0.1) is 11.2 Å². The maximum Gasteiger partial charge on any atom is 0.209 e. The molecule has 2 aromatic carbocycles. The van der Waals surface area contributed by atoms with Crippen LogP contribution in [0.4, 0.5) is 27.5 Å². The standard InChI is InChI=1S/C23H26FN7/c1-16(27-17-7-3-2-4-8-17)28-22-21(15-25)30-23(29-20-10-6-5-9-19(20)24)31(22)18-11-13-26-14-12-18/h2-10,15,18,25-28H,1,11-14H2,(H,29,30). The maximum atomic E-state index is 14.3. The fourth-order valence-electron chi connectivity index (χ4n) is 3.74. The maximum absolute atomic E-state index is 14.3. The van der Waals surface area contributed by atoms with Gasteiger partial charge in [-0.15, -0.1) is 0 Å². The van der Waals surface area contributed by atoms with Gasteiger partial charge in [-0.2, -0.15) is 0 Å². The smallest absolute Gasteiger partial charge is 0.209 e. The molecule has 5 N–H and O–H groups in total. The minimum absolute atomic E-state index is 0.142. The molecule has 3 aromatic rings. The minimum atomic E-state index is -0.358. The predicted molar refractivity (Wildman–Crippen MR) is 124 cm³/mol. The van der Waals surface area contributed by atoms with Crippen molar-refractivity contribution in [2.24, 2.45) is 0 Å². The SMILES string of the molecule is C=C(Nc1ccccc1)Nc1c(C=N)nc(Nc2ccccc2F)n1C1CCNCC1. The molecule has 0 amide bonds. The van der Waals surface area contributed by atoms with Gasteiger partial charge in [0.25, 0.3) is 0 Å². The highest BCUT2D eigenvalue weighted by Gasteiger charge is 2.25. The molecular weight excluding hydrogens is 393 g/mol. The summed E-state index contributed by atoms with van der Waals surface area (Å²) in [4.78, 5) is 4.59. The molecular formula is C23H26FN7. The van der Waals surface area contributed by atoms with E-state index in [0.29, 0.717) is 29.0 Å². The Kier molecular flexibility index (Phi) is 6.28. The summed E-state index contributed by atoms with van der Waals surface area (Å²) in [7, 11) is 0. The first-order valence-corrected chi connectivity index (χ1v) is 10.3. The Hall–Kier alpha value is -3.65. The fourth-order valence-corrected chi connectivity index (χ4v) is 3.74. The summed E-state index contributed by atoms with van der Waals surface area (Å²) in [6.45, 7) is 5.84. The van der Waals surface area contributed by atoms with Crippen LogP contribution in [0.2, 0.25) is 0 Å². The number of hydrogen-bond donors (Lipinski definition) is 5. The van der Waals surface area contributed by atoms with E-state index in [0.717, 1.165) is 31.6 Å². The third kappa shape index (κ3) is 4.75. The zero-order valence-electron chi connectivity index (χ0n) is 17.2. The normalized spacial score (nSPS) is 14.1. The number of aromatic nitrogens is 2. The minimum Gasteiger partial charge on any atom is -0.342 e. The molecule has 7 nitrogen and oxygen atoms in total. The lowest BCUT2D eigenvalue weighted by atomic mass is 10.1. The topological polar surface area (TPSA) is 89.8 Å². The fraction of sp³-hybridized carbons (Fsp3) is 0.217. The Labute approximate surface area is 180 Å². The van der Waals surface area contributed by atoms with Crippen LogP contribution in [0.5, 0.6) is 0 Å². The molecule has 8 heteroatoms. The Morgan fingerprint density at radius 2 is 1.81 bits per heavy atom. The number of benzene rings is 2. The van der Waals surface area contributed by atoms with Gasteiger partial charge in [-0.3, -0.25) is 4.57 Å². The Morgan fingerprint density at radius 1 is 1.10 bits per heavy atom. The van der Waals surface area contributed by atoms with Crippen LogP contribution in [0.3, 0.4) is 0 Å². The zero-order valence-corrected chi connectivity index (χ0v) is 17.2. The van der Waals surface area contributed by atoms with E-state index >= 15 is 0 Å². The van der Waals surface area contributed by atoms with Crippen molar-refractivity contribution in [3.8, 4) is 0 Å². The largest absolute Gasteiger partial charge is 0.342 e. The molecule has 160 valence electrons. The molecule has 1 aromatic heterocycles. The van der Waals surface area contributed by atoms with Gasteiger partial charge in [0.05, 0.1) is 5.69 Å². The van der Waals surface area contributed by atoms with E-state index in [-0.39, 0.29) is 11.9 Å². The first-order valence-electron chi connectivity index (χ1n) is 10.3. The molecule has 0 spiro atoms. The van der Waals surface area contributed by atoms with Gasteiger partial charge in [-0.05, 0) is 50.2 Å². The van der Waals surface area contributed by atoms with Crippen LogP contribution in [-0.2, 0) is 0 Å². The molecule has 1 aliphatic heterocycles. The number of nitrogens with one attached hydrogen (secondary N) is 5. The van der Waals surface area contributed by atoms with E-state index in [2.05, 4.69) is 32.8 Å². The van der Waals surface area contributed by atoms with Gasteiger partial charge in [0, 0.05) is 17.9 Å². The van der Waals surface area contributed by atoms with Crippen molar-refractivity contribution < 1.29 is 4.39 Å². The van der Waals surface area contributed by atoms with E-state index in [1.54, 1.807) is 18.2 Å². The van der Waals surface area contributed by atoms with Crippen molar-refractivity contribution in [1.82, 2.24) is 14.9 Å². The van der Waals surface area contributed by atoms with Crippen LogP contribution in [-0.4, -0.2) is 28.9 Å². The number of rotatable bonds is 8. The number of halogens is 1. The van der Waals surface area contributed by atoms with E-state index in [9.17, 15) is 4.39 Å². The van der Waals surface area contributed by atoms with Crippen molar-refractivity contribution in [1.29, 1.82) is 5.41 Å². The average molecular weight is 420 g/mol. The molecule has 0 atom stereocenters. The number of nitrogens with zero attached hydrogens (tertiary/aromatic N) is 2. The van der Waals surface area contributed by atoms with Gasteiger partial charge in [0.1, 0.15) is 23.1 Å². The van der Waals surface area contributed by atoms with Crippen molar-refractivity contribution in [2.75, 3.05) is 29.0 Å². The lowest BCUT2D eigenvalue weighted by Crippen LogP contribution is -2.30. The molecule has 4 rings (SSSR count). The first-order chi connectivity index (χ1) is 15.2. The van der Waals surface area contributed by atoms with Gasteiger partial charge in [0.2, 0.25) is 5.95 Å². The number of para-hydroxylation sites is 2. The van der Waals surface area contributed by atoms with E-state index in [4.69, 9.17) is 5.41 Å². The Morgan fingerprint density at radius 3 is 2.52 bits per heavy atom. The van der Waals surface area contributed by atoms with Gasteiger partial charge >= 0.3 is 0 Å². The van der Waals surface area contributed by atoms with E-state index < -0.39 is 0 Å². The number of piperidine rings is 1. The average Bonchev–Trinajstić information content (AvgIpc) is 3.13. The highest BCUT2D eigenvalue weighted by atomic mass is 19.1. The van der Waals surface area contributed by atoms with Crippen molar-refractivity contribution in [3.05, 3.63) is 78.5 Å². The summed E-state index contributed by atoms with van der Waals surface area (Å²) in [5.74, 6) is 1.34. The molecule has 2 heterocycles. The van der Waals surface area contributed by atoms with Gasteiger partial charge in [-0.1, -0.05) is 36.9 Å². The molecule has 0 bridgehead atoms. The molecule has 0 aliphatic carbocycles. The highest BCUT2D eigenvalue weighted by Crippen LogP contribution is 2.33. The molecule has 0 saturated carbocycles. The lowest BCUT2D eigenvalue weighted by Gasteiger charge is -2.28. The molecule has 0 unspecified atom stereocenters. The monoisotopic (exact) mass is 419 g/mol. The summed E-state index contributed by atoms with van der Waals surface area (Å²) in [6.07, 6.45) is 2.99. The third-order valence-corrected chi connectivity index (χ3v) is 5.21. The zero-order chi connectivity index (χ0) is 21.6. The third-order valence-electron chi connectivity index (χ3n) is 5.21. The van der Waals surface area contributed by atoms with Gasteiger partial charge < -0.3 is 26.7 Å². The van der Waals surface area contributed by atoms with Gasteiger partial charge in [-0.25, -0.2) is 9.37 Å². The molecule has 1 aliphatic rings. The Balaban J connectivity index is 1.68. The van der Waals surface area contributed by atoms with Crippen LogP contribution in [0.25, 0.3) is 0 Å². The second kappa shape index (κ2) is 9.44. The van der Waals surface area contributed by atoms with Crippen molar-refractivity contribution in [3.63, 3.8) is 0 Å². The van der Waals surface area contributed by atoms with Crippen LogP contribution >= 0.6 is 0 Å². The lowest BCUT2D eigenvalue weighted by molar-refractivity contribution is 0.374. The van der Waals surface area contributed by atoms with E-state index in [1.165, 1.54) is 12.3 Å². The van der Waals surface area contributed by atoms with Crippen LogP contribution in [0.1, 0.15) is 24.6 Å². The first kappa shape index (κ1) is 20.6. The number of anilines is 4. The second-order valence-electron chi connectivity index (χ2n) is 7.36. The quantitative estimate of drug-likeness (QED) is 0.342. The summed E-state index contributed by atoms with van der Waals surface area (Å²) >= 11 is 0. The van der Waals surface area contributed by atoms with Crippen molar-refractivity contribution in [2.45, 2.75) is 18.9 Å². The van der Waals surface area contributed by atoms with Crippen molar-refractivity contribution >= 4 is 29.4 Å². The molecule has 1 saturated heterocycles. The summed E-state index contributed by atoms with van der Waals surface area (Å²) in [5, 5.41) is 20.9. The summed E-state index contributed by atoms with van der Waals surface area (Å²) < 4.78 is 16.3.